The van der Waals surface area contributed by atoms with Crippen molar-refractivity contribution in [1.29, 1.82) is 5.26 Å². The van der Waals surface area contributed by atoms with E-state index >= 15 is 0 Å². The quantitative estimate of drug-likeness (QED) is 0.326. The number of hydrogen-bond donors (Lipinski definition) is 1. The largest absolute Gasteiger partial charge is 0.485 e. The van der Waals surface area contributed by atoms with Gasteiger partial charge >= 0.3 is 0 Å². The van der Waals surface area contributed by atoms with Gasteiger partial charge in [0.1, 0.15) is 24.3 Å². The predicted molar refractivity (Wildman–Crippen MR) is 118 cm³/mol. The Morgan fingerprint density at radius 3 is 1.93 bits per heavy atom. The molecule has 5 heteroatoms. The van der Waals surface area contributed by atoms with Crippen LogP contribution in [-0.4, -0.2) is 4.99 Å². The number of hydrogen-bond acceptors (Lipinski definition) is 4. The summed E-state index contributed by atoms with van der Waals surface area (Å²) in [6.07, 6.45) is 1.64. The minimum atomic E-state index is 0.0589. The molecule has 0 amide bonds. The van der Waals surface area contributed by atoms with Crippen molar-refractivity contribution >= 4 is 23.3 Å². The molecule has 0 aliphatic carbocycles. The van der Waals surface area contributed by atoms with Crippen molar-refractivity contribution in [2.24, 2.45) is 5.73 Å². The van der Waals surface area contributed by atoms with Gasteiger partial charge in [-0.1, -0.05) is 78.9 Å². The van der Waals surface area contributed by atoms with Crippen LogP contribution in [-0.2, 0) is 13.2 Å². The summed E-state index contributed by atoms with van der Waals surface area (Å²) in [7, 11) is 0. The molecule has 3 aromatic carbocycles. The number of benzene rings is 3. The lowest BCUT2D eigenvalue weighted by molar-refractivity contribution is 0.256. The summed E-state index contributed by atoms with van der Waals surface area (Å²) < 4.78 is 12.0. The third kappa shape index (κ3) is 5.93. The molecule has 3 rings (SSSR count). The zero-order valence-electron chi connectivity index (χ0n) is 15.7. The first-order valence-electron chi connectivity index (χ1n) is 9.05. The van der Waals surface area contributed by atoms with Gasteiger partial charge in [0.15, 0.2) is 11.5 Å². The summed E-state index contributed by atoms with van der Waals surface area (Å²) in [6, 6.07) is 27.3. The van der Waals surface area contributed by atoms with Gasteiger partial charge < -0.3 is 15.2 Å². The van der Waals surface area contributed by atoms with Gasteiger partial charge in [0.2, 0.25) is 0 Å². The van der Waals surface area contributed by atoms with E-state index in [0.717, 1.165) is 16.7 Å². The van der Waals surface area contributed by atoms with Crippen LogP contribution < -0.4 is 15.2 Å². The highest BCUT2D eigenvalue weighted by Crippen LogP contribution is 2.31. The van der Waals surface area contributed by atoms with Crippen molar-refractivity contribution < 1.29 is 9.47 Å². The smallest absolute Gasteiger partial charge is 0.162 e. The second-order valence-corrected chi connectivity index (χ2v) is 6.73. The lowest BCUT2D eigenvalue weighted by Crippen LogP contribution is -2.09. The SMILES string of the molecule is N#C/C(=C\c1ccc(OCc2ccccc2)c(OCc2ccccc2)c1)C(N)=S. The molecule has 144 valence electrons. The average Bonchev–Trinajstić information content (AvgIpc) is 2.76. The molecule has 0 unspecified atom stereocenters. The molecule has 0 aliphatic rings. The topological polar surface area (TPSA) is 68.3 Å². The fraction of sp³-hybridized carbons (Fsp3) is 0.0833. The zero-order chi connectivity index (χ0) is 20.5. The Kier molecular flexibility index (Phi) is 6.99. The summed E-state index contributed by atoms with van der Waals surface area (Å²) in [5, 5.41) is 9.20. The Morgan fingerprint density at radius 2 is 1.41 bits per heavy atom. The van der Waals surface area contributed by atoms with Gasteiger partial charge in [-0.2, -0.15) is 5.26 Å². The van der Waals surface area contributed by atoms with Crippen LogP contribution in [0.15, 0.2) is 84.4 Å². The second-order valence-electron chi connectivity index (χ2n) is 6.29. The maximum atomic E-state index is 9.20. The summed E-state index contributed by atoms with van der Waals surface area (Å²) in [5.74, 6) is 1.20. The van der Waals surface area contributed by atoms with E-state index in [0.29, 0.717) is 24.7 Å². The minimum Gasteiger partial charge on any atom is -0.485 e. The van der Waals surface area contributed by atoms with Gasteiger partial charge in [0.25, 0.3) is 0 Å². The maximum absolute atomic E-state index is 9.20. The van der Waals surface area contributed by atoms with Crippen LogP contribution in [0.2, 0.25) is 0 Å². The highest BCUT2D eigenvalue weighted by Gasteiger charge is 2.09. The lowest BCUT2D eigenvalue weighted by Gasteiger charge is -2.14. The molecule has 0 radical (unpaired) electrons. The van der Waals surface area contributed by atoms with Crippen molar-refractivity contribution in [2.45, 2.75) is 13.2 Å². The molecule has 29 heavy (non-hydrogen) atoms. The van der Waals surface area contributed by atoms with E-state index in [4.69, 9.17) is 27.4 Å². The van der Waals surface area contributed by atoms with Gasteiger partial charge in [0, 0.05) is 0 Å². The molecule has 0 saturated carbocycles. The van der Waals surface area contributed by atoms with Gasteiger partial charge in [0.05, 0.1) is 5.57 Å². The molecule has 0 aromatic heterocycles. The number of nitrogens with zero attached hydrogens (tertiary/aromatic N) is 1. The molecule has 0 bridgehead atoms. The van der Waals surface area contributed by atoms with Crippen molar-refractivity contribution in [3.63, 3.8) is 0 Å². The van der Waals surface area contributed by atoms with Gasteiger partial charge in [-0.15, -0.1) is 0 Å². The van der Waals surface area contributed by atoms with E-state index in [1.54, 1.807) is 6.08 Å². The van der Waals surface area contributed by atoms with Crippen LogP contribution in [0.25, 0.3) is 6.08 Å². The Hall–Kier alpha value is -3.62. The average molecular weight is 401 g/mol. The number of ether oxygens (including phenoxy) is 2. The van der Waals surface area contributed by atoms with Gasteiger partial charge in [-0.05, 0) is 34.9 Å². The zero-order valence-corrected chi connectivity index (χ0v) is 16.6. The van der Waals surface area contributed by atoms with Crippen LogP contribution in [0.5, 0.6) is 11.5 Å². The maximum Gasteiger partial charge on any atom is 0.162 e. The molecule has 2 N–H and O–H groups in total. The summed E-state index contributed by atoms with van der Waals surface area (Å²) >= 11 is 4.92. The van der Waals surface area contributed by atoms with Crippen molar-refractivity contribution in [2.75, 3.05) is 0 Å². The van der Waals surface area contributed by atoms with Crippen molar-refractivity contribution in [3.8, 4) is 17.6 Å². The monoisotopic (exact) mass is 400 g/mol. The molecule has 0 saturated heterocycles. The van der Waals surface area contributed by atoms with Gasteiger partial charge in [-0.3, -0.25) is 0 Å². The third-order valence-electron chi connectivity index (χ3n) is 4.14. The molecule has 0 aliphatic heterocycles. The normalized spacial score (nSPS) is 10.8. The standard InChI is InChI=1S/C24H20N2O2S/c25-15-21(24(26)29)13-20-11-12-22(27-16-18-7-3-1-4-8-18)23(14-20)28-17-19-9-5-2-6-10-19/h1-14H,16-17H2,(H2,26,29)/b21-13+. The van der Waals surface area contributed by atoms with E-state index in [2.05, 4.69) is 0 Å². The predicted octanol–water partition coefficient (Wildman–Crippen LogP) is 5.04. The van der Waals surface area contributed by atoms with E-state index < -0.39 is 0 Å². The number of thiocarbonyl (C=S) groups is 1. The number of rotatable bonds is 8. The Bertz CT molecular complexity index is 1040. The van der Waals surface area contributed by atoms with Crippen LogP contribution in [0.4, 0.5) is 0 Å². The third-order valence-corrected chi connectivity index (χ3v) is 4.36. The van der Waals surface area contributed by atoms with Gasteiger partial charge in [-0.25, -0.2) is 0 Å². The highest BCUT2D eigenvalue weighted by atomic mass is 32.1. The fourth-order valence-corrected chi connectivity index (χ4v) is 2.75. The number of nitriles is 1. The molecule has 0 atom stereocenters. The molecule has 4 nitrogen and oxygen atoms in total. The van der Waals surface area contributed by atoms with E-state index in [1.165, 1.54) is 0 Å². The van der Waals surface area contributed by atoms with Crippen molar-refractivity contribution in [1.82, 2.24) is 0 Å². The summed E-state index contributed by atoms with van der Waals surface area (Å²) in [5.41, 5.74) is 8.70. The van der Waals surface area contributed by atoms with E-state index in [9.17, 15) is 5.26 Å². The molecule has 0 fully saturated rings. The van der Waals surface area contributed by atoms with Crippen LogP contribution in [0, 0.1) is 11.3 Å². The highest BCUT2D eigenvalue weighted by molar-refractivity contribution is 7.80. The molecular formula is C24H20N2O2S. The van der Waals surface area contributed by atoms with Crippen molar-refractivity contribution in [3.05, 3.63) is 101 Å². The first-order valence-corrected chi connectivity index (χ1v) is 9.45. The fourth-order valence-electron chi connectivity index (χ4n) is 2.64. The van der Waals surface area contributed by atoms with Crippen LogP contribution in [0.1, 0.15) is 16.7 Å². The van der Waals surface area contributed by atoms with Crippen LogP contribution in [0.3, 0.4) is 0 Å². The Morgan fingerprint density at radius 1 is 0.862 bits per heavy atom. The lowest BCUT2D eigenvalue weighted by atomic mass is 10.1. The Balaban J connectivity index is 1.85. The Labute approximate surface area is 175 Å². The van der Waals surface area contributed by atoms with E-state index in [1.807, 2.05) is 84.9 Å². The molecule has 0 spiro atoms. The first-order chi connectivity index (χ1) is 14.2. The molecule has 3 aromatic rings. The van der Waals surface area contributed by atoms with E-state index in [-0.39, 0.29) is 10.6 Å². The van der Waals surface area contributed by atoms with Crippen LogP contribution >= 0.6 is 12.2 Å². The first kappa shape index (κ1) is 20.1. The minimum absolute atomic E-state index is 0.0589. The summed E-state index contributed by atoms with van der Waals surface area (Å²) in [6.45, 7) is 0.824. The molecule has 0 heterocycles. The molecular weight excluding hydrogens is 380 g/mol. The number of nitrogens with two attached hydrogens (primary N) is 1. The second kappa shape index (κ2) is 10.1. The summed E-state index contributed by atoms with van der Waals surface area (Å²) in [4.78, 5) is 0.0589.